The van der Waals surface area contributed by atoms with Gasteiger partial charge in [-0.05, 0) is 51.2 Å². The van der Waals surface area contributed by atoms with Crippen molar-refractivity contribution in [2.24, 2.45) is 0 Å². The van der Waals surface area contributed by atoms with Gasteiger partial charge in [0.05, 0.1) is 17.1 Å². The first-order chi connectivity index (χ1) is 15.3. The first-order valence-corrected chi connectivity index (χ1v) is 11.8. The van der Waals surface area contributed by atoms with Gasteiger partial charge in [-0.3, -0.25) is 9.69 Å². The van der Waals surface area contributed by atoms with Gasteiger partial charge < -0.3 is 5.32 Å². The van der Waals surface area contributed by atoms with Crippen LogP contribution in [0.4, 0.5) is 0 Å². The molecule has 1 aliphatic heterocycles. The summed E-state index contributed by atoms with van der Waals surface area (Å²) in [6, 6.07) is 11.0. The van der Waals surface area contributed by atoms with Crippen LogP contribution in [0.1, 0.15) is 79.7 Å². The number of rotatable bonds is 6. The number of benzene rings is 1. The predicted molar refractivity (Wildman–Crippen MR) is 129 cm³/mol. The van der Waals surface area contributed by atoms with Crippen LogP contribution in [0.5, 0.6) is 0 Å². The average Bonchev–Trinajstić information content (AvgIpc) is 3.19. The number of aryl methyl sites for hydroxylation is 1. The molecule has 0 radical (unpaired) electrons. The molecule has 1 fully saturated rings. The van der Waals surface area contributed by atoms with E-state index in [0.717, 1.165) is 49.2 Å². The predicted octanol–water partition coefficient (Wildman–Crippen LogP) is 4.84. The number of fused-ring (bicyclic) bond motifs is 1. The smallest absolute Gasteiger partial charge is 0.252 e. The number of nitrogens with zero attached hydrogens (tertiary/aromatic N) is 4. The normalized spacial score (nSPS) is 15.7. The highest BCUT2D eigenvalue weighted by Gasteiger charge is 2.24. The van der Waals surface area contributed by atoms with Gasteiger partial charge in [-0.25, -0.2) is 9.67 Å². The Bertz CT molecular complexity index is 1090. The van der Waals surface area contributed by atoms with E-state index in [1.165, 1.54) is 11.1 Å². The van der Waals surface area contributed by atoms with Gasteiger partial charge in [0.2, 0.25) is 0 Å². The second-order valence-electron chi connectivity index (χ2n) is 9.68. The number of likely N-dealkylation sites (tertiary alicyclic amines) is 1. The molecular formula is C26H35N5O. The molecule has 0 bridgehead atoms. The molecule has 32 heavy (non-hydrogen) atoms. The van der Waals surface area contributed by atoms with E-state index >= 15 is 0 Å². The molecule has 170 valence electrons. The average molecular weight is 434 g/mol. The lowest BCUT2D eigenvalue weighted by Crippen LogP contribution is -2.44. The minimum Gasteiger partial charge on any atom is -0.349 e. The molecule has 1 aliphatic rings. The second-order valence-corrected chi connectivity index (χ2v) is 9.68. The zero-order chi connectivity index (χ0) is 22.8. The molecule has 3 aromatic rings. The van der Waals surface area contributed by atoms with Crippen LogP contribution >= 0.6 is 0 Å². The molecular weight excluding hydrogens is 398 g/mol. The van der Waals surface area contributed by atoms with E-state index in [0.29, 0.717) is 5.56 Å². The molecule has 2 aromatic heterocycles. The van der Waals surface area contributed by atoms with Crippen LogP contribution in [0.25, 0.3) is 11.0 Å². The molecule has 0 saturated carbocycles. The lowest BCUT2D eigenvalue weighted by Gasteiger charge is -2.32. The van der Waals surface area contributed by atoms with Crippen molar-refractivity contribution in [2.75, 3.05) is 13.1 Å². The summed E-state index contributed by atoms with van der Waals surface area (Å²) in [5.74, 6) is 0.228. The van der Waals surface area contributed by atoms with Crippen molar-refractivity contribution in [3.05, 3.63) is 58.9 Å². The van der Waals surface area contributed by atoms with Gasteiger partial charge in [0.1, 0.15) is 0 Å². The molecule has 4 rings (SSSR count). The number of aromatic nitrogens is 3. The summed E-state index contributed by atoms with van der Waals surface area (Å²) in [7, 11) is 0. The Kier molecular flexibility index (Phi) is 6.60. The van der Waals surface area contributed by atoms with E-state index in [2.05, 4.69) is 74.2 Å². The summed E-state index contributed by atoms with van der Waals surface area (Å²) >= 11 is 0. The van der Waals surface area contributed by atoms with E-state index in [4.69, 9.17) is 4.98 Å². The molecule has 0 unspecified atom stereocenters. The SMILES string of the molecule is Cc1cccc(CN2CCC(NC(=O)c3cc(C(C)C)nc4c3cnn4C(C)C)CC2)c1. The lowest BCUT2D eigenvalue weighted by atomic mass is 10.0. The highest BCUT2D eigenvalue weighted by atomic mass is 16.1. The number of pyridine rings is 1. The zero-order valence-corrected chi connectivity index (χ0v) is 19.9. The summed E-state index contributed by atoms with van der Waals surface area (Å²) in [4.78, 5) is 20.6. The molecule has 1 amide bonds. The summed E-state index contributed by atoms with van der Waals surface area (Å²) in [5.41, 5.74) is 5.07. The molecule has 3 heterocycles. The van der Waals surface area contributed by atoms with Gasteiger partial charge in [0.25, 0.3) is 5.91 Å². The Morgan fingerprint density at radius 2 is 1.91 bits per heavy atom. The molecule has 1 aromatic carbocycles. The van der Waals surface area contributed by atoms with Crippen LogP contribution in [-0.4, -0.2) is 44.7 Å². The van der Waals surface area contributed by atoms with Crippen LogP contribution in [0.2, 0.25) is 0 Å². The summed E-state index contributed by atoms with van der Waals surface area (Å²) < 4.78 is 1.90. The Hall–Kier alpha value is -2.73. The summed E-state index contributed by atoms with van der Waals surface area (Å²) in [6.07, 6.45) is 3.72. The van der Waals surface area contributed by atoms with Crippen LogP contribution in [0, 0.1) is 6.92 Å². The van der Waals surface area contributed by atoms with Crippen LogP contribution in [0.3, 0.4) is 0 Å². The fourth-order valence-corrected chi connectivity index (χ4v) is 4.47. The molecule has 6 nitrogen and oxygen atoms in total. The van der Waals surface area contributed by atoms with Crippen LogP contribution in [-0.2, 0) is 6.54 Å². The number of piperidine rings is 1. The topological polar surface area (TPSA) is 63.1 Å². The Morgan fingerprint density at radius 3 is 2.56 bits per heavy atom. The van der Waals surface area contributed by atoms with E-state index in [1.54, 1.807) is 6.20 Å². The van der Waals surface area contributed by atoms with Gasteiger partial charge in [-0.2, -0.15) is 5.10 Å². The van der Waals surface area contributed by atoms with Crippen molar-refractivity contribution >= 4 is 16.9 Å². The molecule has 6 heteroatoms. The highest BCUT2D eigenvalue weighted by molar-refractivity contribution is 6.05. The van der Waals surface area contributed by atoms with Gasteiger partial charge in [-0.1, -0.05) is 43.7 Å². The van der Waals surface area contributed by atoms with Crippen molar-refractivity contribution in [2.45, 2.75) is 72.0 Å². The van der Waals surface area contributed by atoms with Crippen LogP contribution in [0.15, 0.2) is 36.5 Å². The molecule has 0 aliphatic carbocycles. The van der Waals surface area contributed by atoms with E-state index < -0.39 is 0 Å². The van der Waals surface area contributed by atoms with Crippen molar-refractivity contribution in [3.63, 3.8) is 0 Å². The molecule has 0 spiro atoms. The highest BCUT2D eigenvalue weighted by Crippen LogP contribution is 2.25. The van der Waals surface area contributed by atoms with Crippen molar-refractivity contribution in [3.8, 4) is 0 Å². The van der Waals surface area contributed by atoms with Crippen LogP contribution < -0.4 is 5.32 Å². The zero-order valence-electron chi connectivity index (χ0n) is 19.9. The van der Waals surface area contributed by atoms with Gasteiger partial charge in [-0.15, -0.1) is 0 Å². The largest absolute Gasteiger partial charge is 0.349 e. The van der Waals surface area contributed by atoms with E-state index in [9.17, 15) is 4.79 Å². The third-order valence-electron chi connectivity index (χ3n) is 6.32. The Labute approximate surface area is 191 Å². The second kappa shape index (κ2) is 9.41. The minimum atomic E-state index is -0.0141. The molecule has 0 atom stereocenters. The third-order valence-corrected chi connectivity index (χ3v) is 6.32. The molecule has 1 saturated heterocycles. The number of carbonyl (C=O) groups is 1. The van der Waals surface area contributed by atoms with Crippen molar-refractivity contribution < 1.29 is 4.79 Å². The maximum Gasteiger partial charge on any atom is 0.252 e. The fourth-order valence-electron chi connectivity index (χ4n) is 4.47. The third kappa shape index (κ3) is 4.85. The first kappa shape index (κ1) is 22.5. The number of nitrogens with one attached hydrogen (secondary N) is 1. The van der Waals surface area contributed by atoms with Crippen molar-refractivity contribution in [1.82, 2.24) is 25.0 Å². The summed E-state index contributed by atoms with van der Waals surface area (Å²) in [6.45, 7) is 13.5. The van der Waals surface area contributed by atoms with Gasteiger partial charge in [0.15, 0.2) is 5.65 Å². The standard InChI is InChI=1S/C26H35N5O/c1-17(2)24-14-22(23-15-27-31(18(3)4)25(23)29-24)26(32)28-21-9-11-30(12-10-21)16-20-8-6-7-19(5)13-20/h6-8,13-15,17-18,21H,9-12,16H2,1-5H3,(H,28,32). The van der Waals surface area contributed by atoms with E-state index in [1.807, 2.05) is 10.7 Å². The minimum absolute atomic E-state index is 0.0141. The maximum atomic E-state index is 13.3. The van der Waals surface area contributed by atoms with Crippen molar-refractivity contribution in [1.29, 1.82) is 0 Å². The number of amides is 1. The van der Waals surface area contributed by atoms with Gasteiger partial charge >= 0.3 is 0 Å². The van der Waals surface area contributed by atoms with E-state index in [-0.39, 0.29) is 23.9 Å². The Balaban J connectivity index is 1.45. The lowest BCUT2D eigenvalue weighted by molar-refractivity contribution is 0.0910. The maximum absolute atomic E-state index is 13.3. The first-order valence-electron chi connectivity index (χ1n) is 11.8. The quantitative estimate of drug-likeness (QED) is 0.604. The van der Waals surface area contributed by atoms with Gasteiger partial charge in [0, 0.05) is 37.4 Å². The number of carbonyl (C=O) groups excluding carboxylic acids is 1. The number of hydrogen-bond donors (Lipinski definition) is 1. The number of hydrogen-bond acceptors (Lipinski definition) is 4. The summed E-state index contributed by atoms with van der Waals surface area (Å²) in [5, 5.41) is 8.63. The Morgan fingerprint density at radius 1 is 1.16 bits per heavy atom. The fraction of sp³-hybridized carbons (Fsp3) is 0.500. The monoisotopic (exact) mass is 433 g/mol. The molecule has 1 N–H and O–H groups in total.